The molecule has 2 aliphatic heterocycles. The Morgan fingerprint density at radius 3 is 2.35 bits per heavy atom. The summed E-state index contributed by atoms with van der Waals surface area (Å²) in [5.41, 5.74) is 4.53. The summed E-state index contributed by atoms with van der Waals surface area (Å²) >= 11 is 2.01. The SMILES string of the molecule is COc1ccc(CN2CCN(C(=O)Nc3ccc(N4CCSCC4)cc3C)CC2)cc1. The van der Waals surface area contributed by atoms with Crippen molar-refractivity contribution >= 4 is 29.2 Å². The van der Waals surface area contributed by atoms with E-state index in [2.05, 4.69) is 46.3 Å². The maximum Gasteiger partial charge on any atom is 0.321 e. The summed E-state index contributed by atoms with van der Waals surface area (Å²) < 4.78 is 5.23. The maximum atomic E-state index is 12.8. The van der Waals surface area contributed by atoms with Gasteiger partial charge in [-0.25, -0.2) is 4.79 Å². The van der Waals surface area contributed by atoms with Crippen LogP contribution in [0.2, 0.25) is 0 Å². The number of nitrogens with zero attached hydrogens (tertiary/aromatic N) is 3. The Kier molecular flexibility index (Phi) is 7.25. The monoisotopic (exact) mass is 440 g/mol. The number of methoxy groups -OCH3 is 1. The van der Waals surface area contributed by atoms with Gasteiger partial charge in [0.25, 0.3) is 0 Å². The Balaban J connectivity index is 1.27. The highest BCUT2D eigenvalue weighted by molar-refractivity contribution is 7.99. The van der Waals surface area contributed by atoms with E-state index in [1.54, 1.807) is 7.11 Å². The molecule has 7 heteroatoms. The van der Waals surface area contributed by atoms with Crippen LogP contribution in [-0.4, -0.2) is 73.7 Å². The molecule has 2 aromatic rings. The molecule has 0 radical (unpaired) electrons. The molecule has 0 unspecified atom stereocenters. The van der Waals surface area contributed by atoms with Crippen LogP contribution < -0.4 is 15.0 Å². The highest BCUT2D eigenvalue weighted by Crippen LogP contribution is 2.25. The first kappa shape index (κ1) is 21.8. The van der Waals surface area contributed by atoms with Crippen molar-refractivity contribution in [3.63, 3.8) is 0 Å². The molecule has 2 heterocycles. The number of thioether (sulfide) groups is 1. The second-order valence-electron chi connectivity index (χ2n) is 8.14. The molecule has 0 aromatic heterocycles. The highest BCUT2D eigenvalue weighted by atomic mass is 32.2. The molecule has 2 aromatic carbocycles. The third-order valence-electron chi connectivity index (χ3n) is 6.05. The van der Waals surface area contributed by atoms with E-state index in [-0.39, 0.29) is 6.03 Å². The summed E-state index contributed by atoms with van der Waals surface area (Å²) in [6.07, 6.45) is 0. The quantitative estimate of drug-likeness (QED) is 0.764. The van der Waals surface area contributed by atoms with Gasteiger partial charge in [-0.1, -0.05) is 12.1 Å². The van der Waals surface area contributed by atoms with Crippen molar-refractivity contribution in [3.05, 3.63) is 53.6 Å². The Bertz CT molecular complexity index is 876. The van der Waals surface area contributed by atoms with Gasteiger partial charge in [-0.2, -0.15) is 11.8 Å². The Morgan fingerprint density at radius 1 is 1.00 bits per heavy atom. The molecule has 2 saturated heterocycles. The zero-order valence-corrected chi connectivity index (χ0v) is 19.3. The first-order valence-electron chi connectivity index (χ1n) is 11.0. The minimum atomic E-state index is -0.00526. The van der Waals surface area contributed by atoms with E-state index >= 15 is 0 Å². The number of hydrogen-bond donors (Lipinski definition) is 1. The number of piperazine rings is 1. The number of amides is 2. The molecule has 166 valence electrons. The van der Waals surface area contributed by atoms with Crippen molar-refractivity contribution in [3.8, 4) is 5.75 Å². The topological polar surface area (TPSA) is 48.1 Å². The van der Waals surface area contributed by atoms with Crippen LogP contribution in [0.1, 0.15) is 11.1 Å². The zero-order chi connectivity index (χ0) is 21.6. The standard InChI is InChI=1S/C24H32N4O2S/c1-19-17-21(27-13-15-31-16-14-27)5-8-23(19)25-24(29)28-11-9-26(10-12-28)18-20-3-6-22(30-2)7-4-20/h3-8,17H,9-16,18H2,1-2H3,(H,25,29). The number of rotatable bonds is 5. The van der Waals surface area contributed by atoms with Crippen LogP contribution in [0.15, 0.2) is 42.5 Å². The van der Waals surface area contributed by atoms with Crippen LogP contribution in [0.25, 0.3) is 0 Å². The number of ether oxygens (including phenoxy) is 1. The number of urea groups is 1. The Labute approximate surface area is 189 Å². The molecule has 1 N–H and O–H groups in total. The fourth-order valence-electron chi connectivity index (χ4n) is 4.10. The van der Waals surface area contributed by atoms with E-state index in [1.165, 1.54) is 22.8 Å². The van der Waals surface area contributed by atoms with Crippen molar-refractivity contribution in [2.45, 2.75) is 13.5 Å². The van der Waals surface area contributed by atoms with E-state index in [0.717, 1.165) is 62.8 Å². The van der Waals surface area contributed by atoms with E-state index < -0.39 is 0 Å². The smallest absolute Gasteiger partial charge is 0.321 e. The number of hydrogen-bond acceptors (Lipinski definition) is 5. The summed E-state index contributed by atoms with van der Waals surface area (Å²) in [6.45, 7) is 8.40. The number of carbonyl (C=O) groups excluding carboxylic acids is 1. The van der Waals surface area contributed by atoms with Gasteiger partial charge in [0.1, 0.15) is 5.75 Å². The van der Waals surface area contributed by atoms with Crippen molar-refractivity contribution in [1.29, 1.82) is 0 Å². The first-order valence-corrected chi connectivity index (χ1v) is 12.1. The van der Waals surface area contributed by atoms with Crippen LogP contribution in [-0.2, 0) is 6.54 Å². The fraction of sp³-hybridized carbons (Fsp3) is 0.458. The molecular formula is C24H32N4O2S. The molecule has 2 amide bonds. The molecule has 0 bridgehead atoms. The third-order valence-corrected chi connectivity index (χ3v) is 7.00. The van der Waals surface area contributed by atoms with E-state index in [1.807, 2.05) is 34.9 Å². The number of nitrogens with one attached hydrogen (secondary N) is 1. The van der Waals surface area contributed by atoms with Crippen molar-refractivity contribution in [1.82, 2.24) is 9.80 Å². The summed E-state index contributed by atoms with van der Waals surface area (Å²) in [4.78, 5) is 19.5. The van der Waals surface area contributed by atoms with Crippen molar-refractivity contribution in [2.75, 3.05) is 68.1 Å². The van der Waals surface area contributed by atoms with Gasteiger partial charge in [0.05, 0.1) is 7.11 Å². The average Bonchev–Trinajstić information content (AvgIpc) is 2.82. The van der Waals surface area contributed by atoms with E-state index in [4.69, 9.17) is 4.74 Å². The average molecular weight is 441 g/mol. The normalized spacial score (nSPS) is 17.5. The van der Waals surface area contributed by atoms with E-state index in [9.17, 15) is 4.79 Å². The lowest BCUT2D eigenvalue weighted by atomic mass is 10.1. The molecule has 0 aliphatic carbocycles. The van der Waals surface area contributed by atoms with Gasteiger partial charge in [0, 0.05) is 68.7 Å². The van der Waals surface area contributed by atoms with Crippen LogP contribution in [0.4, 0.5) is 16.2 Å². The lowest BCUT2D eigenvalue weighted by molar-refractivity contribution is 0.143. The van der Waals surface area contributed by atoms with Gasteiger partial charge in [-0.05, 0) is 48.4 Å². The van der Waals surface area contributed by atoms with Gasteiger partial charge in [0.2, 0.25) is 0 Å². The molecule has 0 spiro atoms. The van der Waals surface area contributed by atoms with Crippen LogP contribution in [0.5, 0.6) is 5.75 Å². The van der Waals surface area contributed by atoms with Crippen molar-refractivity contribution in [2.24, 2.45) is 0 Å². The number of anilines is 2. The fourth-order valence-corrected chi connectivity index (χ4v) is 5.00. The Hall–Kier alpha value is -2.38. The Morgan fingerprint density at radius 2 is 1.71 bits per heavy atom. The largest absolute Gasteiger partial charge is 0.497 e. The number of carbonyl (C=O) groups is 1. The van der Waals surface area contributed by atoms with Crippen molar-refractivity contribution < 1.29 is 9.53 Å². The molecular weight excluding hydrogens is 408 g/mol. The van der Waals surface area contributed by atoms with Gasteiger partial charge >= 0.3 is 6.03 Å². The summed E-state index contributed by atoms with van der Waals surface area (Å²) in [6, 6.07) is 14.6. The molecule has 0 atom stereocenters. The predicted octanol–water partition coefficient (Wildman–Crippen LogP) is 3.91. The van der Waals surface area contributed by atoms with Crippen LogP contribution in [0.3, 0.4) is 0 Å². The molecule has 2 fully saturated rings. The summed E-state index contributed by atoms with van der Waals surface area (Å²) in [5.74, 6) is 3.24. The number of aryl methyl sites for hydroxylation is 1. The summed E-state index contributed by atoms with van der Waals surface area (Å²) in [7, 11) is 1.68. The van der Waals surface area contributed by atoms with Gasteiger partial charge in [-0.15, -0.1) is 0 Å². The second kappa shape index (κ2) is 10.3. The zero-order valence-electron chi connectivity index (χ0n) is 18.5. The molecule has 0 saturated carbocycles. The molecule has 6 nitrogen and oxygen atoms in total. The molecule has 2 aliphatic rings. The first-order chi connectivity index (χ1) is 15.1. The lowest BCUT2D eigenvalue weighted by Gasteiger charge is -2.35. The maximum absolute atomic E-state index is 12.8. The van der Waals surface area contributed by atoms with Gasteiger partial charge in [-0.3, -0.25) is 4.90 Å². The van der Waals surface area contributed by atoms with E-state index in [0.29, 0.717) is 0 Å². The second-order valence-corrected chi connectivity index (χ2v) is 9.36. The minimum absolute atomic E-state index is 0.00526. The summed E-state index contributed by atoms with van der Waals surface area (Å²) in [5, 5.41) is 3.12. The lowest BCUT2D eigenvalue weighted by Crippen LogP contribution is -2.49. The highest BCUT2D eigenvalue weighted by Gasteiger charge is 2.22. The van der Waals surface area contributed by atoms with Gasteiger partial charge in [0.15, 0.2) is 0 Å². The van der Waals surface area contributed by atoms with Crippen LogP contribution in [0, 0.1) is 6.92 Å². The molecule has 4 rings (SSSR count). The van der Waals surface area contributed by atoms with Crippen LogP contribution >= 0.6 is 11.8 Å². The third kappa shape index (κ3) is 5.66. The predicted molar refractivity (Wildman–Crippen MR) is 130 cm³/mol. The number of benzene rings is 2. The molecule has 31 heavy (non-hydrogen) atoms. The van der Waals surface area contributed by atoms with Gasteiger partial charge < -0.3 is 19.9 Å². The minimum Gasteiger partial charge on any atom is -0.497 e.